The summed E-state index contributed by atoms with van der Waals surface area (Å²) in [5.74, 6) is -0.980. The highest BCUT2D eigenvalue weighted by Crippen LogP contribution is 2.27. The largest absolute Gasteiger partial charge is 0.480 e. The number of halogens is 2. The number of hydrogen-bond acceptors (Lipinski definition) is 5. The van der Waals surface area contributed by atoms with Crippen molar-refractivity contribution in [2.45, 2.75) is 21.3 Å². The molecule has 0 N–H and O–H groups in total. The average molecular weight is 401 g/mol. The Bertz CT molecular complexity index is 690. The van der Waals surface area contributed by atoms with Gasteiger partial charge in [0.15, 0.2) is 6.61 Å². The van der Waals surface area contributed by atoms with Gasteiger partial charge in [0.05, 0.1) is 10.6 Å². The number of benzene rings is 2. The lowest BCUT2D eigenvalue weighted by molar-refractivity contribution is -0.154. The molecule has 2 aromatic rings. The van der Waals surface area contributed by atoms with Crippen LogP contribution < -0.4 is 4.74 Å². The Morgan fingerprint density at radius 2 is 1.62 bits per heavy atom. The van der Waals surface area contributed by atoms with Crippen LogP contribution in [0, 0.1) is 0 Å². The van der Waals surface area contributed by atoms with E-state index in [0.717, 1.165) is 0 Å². The molecule has 0 saturated heterocycles. The number of rotatable bonds is 6. The Balaban J connectivity index is 0.00000201. The average Bonchev–Trinajstić information content (AvgIpc) is 2.63. The maximum Gasteiger partial charge on any atom is 0.347 e. The zero-order chi connectivity index (χ0) is 18.7. The number of carbonyl (C=O) groups excluding carboxylic acids is 2. The first-order valence-electron chi connectivity index (χ1n) is 7.52. The molecule has 0 spiro atoms. The molecule has 5 nitrogen and oxygen atoms in total. The van der Waals surface area contributed by atoms with Gasteiger partial charge in [-0.2, -0.15) is 0 Å². The van der Waals surface area contributed by atoms with E-state index in [1.807, 2.05) is 13.8 Å². The molecule has 0 aliphatic rings. The van der Waals surface area contributed by atoms with Crippen molar-refractivity contribution < 1.29 is 23.8 Å². The lowest BCUT2D eigenvalue weighted by Crippen LogP contribution is -2.18. The summed E-state index contributed by atoms with van der Waals surface area (Å²) in [6.07, 6.45) is 0. The molecule has 0 aliphatic heterocycles. The molecule has 2 aromatic carbocycles. The molecule has 2 rings (SSSR count). The van der Waals surface area contributed by atoms with Crippen LogP contribution in [0.4, 0.5) is 0 Å². The summed E-state index contributed by atoms with van der Waals surface area (Å²) in [5, 5.41) is 0.735. The predicted molar refractivity (Wildman–Crippen MR) is 103 cm³/mol. The standard InChI is InChI=1S/C16H12Cl2O5.C2H6.CH4/c17-12-6-7-14(13(18)8-12)21-9-15(19)22-10-23-16(20)11-4-2-1-3-5-11;1-2;/h1-8H,9-10H2;1-2H3;1H4. The van der Waals surface area contributed by atoms with Crippen molar-refractivity contribution in [3.05, 3.63) is 64.1 Å². The zero-order valence-electron chi connectivity index (χ0n) is 13.8. The maximum absolute atomic E-state index is 11.6. The third-order valence-corrected chi connectivity index (χ3v) is 3.19. The fourth-order valence-electron chi connectivity index (χ4n) is 1.58. The van der Waals surface area contributed by atoms with Crippen LogP contribution in [-0.4, -0.2) is 25.3 Å². The van der Waals surface area contributed by atoms with Crippen molar-refractivity contribution in [1.29, 1.82) is 0 Å². The van der Waals surface area contributed by atoms with E-state index in [1.54, 1.807) is 36.4 Å². The van der Waals surface area contributed by atoms with Gasteiger partial charge in [0, 0.05) is 5.02 Å². The molecular formula is C19H22Cl2O5. The Morgan fingerprint density at radius 3 is 2.23 bits per heavy atom. The highest BCUT2D eigenvalue weighted by Gasteiger charge is 2.10. The van der Waals surface area contributed by atoms with E-state index in [1.165, 1.54) is 12.1 Å². The summed E-state index contributed by atoms with van der Waals surface area (Å²) < 4.78 is 14.7. The number of hydrogen-bond donors (Lipinski definition) is 0. The van der Waals surface area contributed by atoms with Gasteiger partial charge in [-0.1, -0.05) is 62.7 Å². The summed E-state index contributed by atoms with van der Waals surface area (Å²) in [5.41, 5.74) is 0.368. The van der Waals surface area contributed by atoms with Gasteiger partial charge >= 0.3 is 11.9 Å². The molecule has 7 heteroatoms. The molecule has 0 atom stereocenters. The van der Waals surface area contributed by atoms with Crippen molar-refractivity contribution in [2.24, 2.45) is 0 Å². The molecule has 0 aromatic heterocycles. The van der Waals surface area contributed by atoms with Crippen LogP contribution in [0.1, 0.15) is 31.6 Å². The second-order valence-corrected chi connectivity index (χ2v) is 5.14. The molecular weight excluding hydrogens is 379 g/mol. The zero-order valence-corrected chi connectivity index (χ0v) is 15.3. The molecule has 0 bridgehead atoms. The Hall–Kier alpha value is -2.24. The van der Waals surface area contributed by atoms with Gasteiger partial charge in [-0.15, -0.1) is 0 Å². The molecule has 0 radical (unpaired) electrons. The van der Waals surface area contributed by atoms with Gasteiger partial charge < -0.3 is 14.2 Å². The lowest BCUT2D eigenvalue weighted by Gasteiger charge is -2.09. The SMILES string of the molecule is C.CC.O=C(COc1ccc(Cl)cc1Cl)OCOC(=O)c1ccccc1. The number of esters is 2. The summed E-state index contributed by atoms with van der Waals surface area (Å²) in [6, 6.07) is 13.0. The highest BCUT2D eigenvalue weighted by atomic mass is 35.5. The van der Waals surface area contributed by atoms with E-state index in [2.05, 4.69) is 0 Å². The van der Waals surface area contributed by atoms with Crippen molar-refractivity contribution in [2.75, 3.05) is 13.4 Å². The normalized spacial score (nSPS) is 9.08. The van der Waals surface area contributed by atoms with Crippen LogP contribution in [-0.2, 0) is 14.3 Å². The van der Waals surface area contributed by atoms with Crippen LogP contribution in [0.3, 0.4) is 0 Å². The Morgan fingerprint density at radius 1 is 0.962 bits per heavy atom. The van der Waals surface area contributed by atoms with Gasteiger partial charge in [0.25, 0.3) is 0 Å². The first-order chi connectivity index (χ1) is 12.1. The quantitative estimate of drug-likeness (QED) is 0.480. The van der Waals surface area contributed by atoms with Crippen LogP contribution in [0.25, 0.3) is 0 Å². The Labute approximate surface area is 163 Å². The lowest BCUT2D eigenvalue weighted by atomic mass is 10.2. The van der Waals surface area contributed by atoms with E-state index in [-0.39, 0.29) is 19.1 Å². The van der Waals surface area contributed by atoms with E-state index in [9.17, 15) is 9.59 Å². The molecule has 142 valence electrons. The molecule has 0 saturated carbocycles. The summed E-state index contributed by atoms with van der Waals surface area (Å²) in [4.78, 5) is 23.1. The van der Waals surface area contributed by atoms with Gasteiger partial charge in [-0.25, -0.2) is 9.59 Å². The van der Waals surface area contributed by atoms with E-state index >= 15 is 0 Å². The van der Waals surface area contributed by atoms with Gasteiger partial charge in [-0.3, -0.25) is 0 Å². The smallest absolute Gasteiger partial charge is 0.347 e. The second-order valence-electron chi connectivity index (χ2n) is 4.30. The second kappa shape index (κ2) is 13.0. The molecule has 0 aliphatic carbocycles. The van der Waals surface area contributed by atoms with Crippen molar-refractivity contribution in [3.63, 3.8) is 0 Å². The predicted octanol–water partition coefficient (Wildman–Crippen LogP) is 5.39. The molecule has 0 fully saturated rings. The molecule has 0 heterocycles. The van der Waals surface area contributed by atoms with Gasteiger partial charge in [0.2, 0.25) is 6.79 Å². The number of carbonyl (C=O) groups is 2. The minimum absolute atomic E-state index is 0. The van der Waals surface area contributed by atoms with Crippen LogP contribution >= 0.6 is 23.2 Å². The molecule has 26 heavy (non-hydrogen) atoms. The summed E-state index contributed by atoms with van der Waals surface area (Å²) in [7, 11) is 0. The summed E-state index contributed by atoms with van der Waals surface area (Å²) in [6.45, 7) is 3.13. The van der Waals surface area contributed by atoms with Crippen LogP contribution in [0.5, 0.6) is 5.75 Å². The molecule has 0 amide bonds. The fourth-order valence-corrected chi connectivity index (χ4v) is 2.04. The minimum atomic E-state index is -0.697. The first-order valence-corrected chi connectivity index (χ1v) is 8.27. The van der Waals surface area contributed by atoms with Crippen molar-refractivity contribution in [1.82, 2.24) is 0 Å². The van der Waals surface area contributed by atoms with Crippen molar-refractivity contribution in [3.8, 4) is 5.75 Å². The van der Waals surface area contributed by atoms with E-state index < -0.39 is 18.7 Å². The van der Waals surface area contributed by atoms with Crippen LogP contribution in [0.2, 0.25) is 10.0 Å². The van der Waals surface area contributed by atoms with Gasteiger partial charge in [-0.05, 0) is 30.3 Å². The van der Waals surface area contributed by atoms with Crippen LogP contribution in [0.15, 0.2) is 48.5 Å². The monoisotopic (exact) mass is 400 g/mol. The van der Waals surface area contributed by atoms with Gasteiger partial charge in [0.1, 0.15) is 5.75 Å². The highest BCUT2D eigenvalue weighted by molar-refractivity contribution is 6.35. The maximum atomic E-state index is 11.6. The van der Waals surface area contributed by atoms with Crippen molar-refractivity contribution >= 4 is 35.1 Å². The number of ether oxygens (including phenoxy) is 3. The Kier molecular flexibility index (Phi) is 11.9. The fraction of sp³-hybridized carbons (Fsp3) is 0.263. The van der Waals surface area contributed by atoms with E-state index in [4.69, 9.17) is 37.4 Å². The summed E-state index contributed by atoms with van der Waals surface area (Å²) >= 11 is 11.6. The minimum Gasteiger partial charge on any atom is -0.480 e. The topological polar surface area (TPSA) is 61.8 Å². The molecule has 0 unspecified atom stereocenters. The third kappa shape index (κ3) is 8.23. The third-order valence-electron chi connectivity index (χ3n) is 2.66. The first kappa shape index (κ1) is 23.8. The van der Waals surface area contributed by atoms with E-state index in [0.29, 0.717) is 16.3 Å².